The Labute approximate surface area is 144 Å². The zero-order valence-electron chi connectivity index (χ0n) is 13.7. The van der Waals surface area contributed by atoms with Gasteiger partial charge in [-0.1, -0.05) is 0 Å². The van der Waals surface area contributed by atoms with E-state index in [0.29, 0.717) is 23.5 Å². The number of rotatable bonds is 6. The molecule has 2 aliphatic carbocycles. The molecule has 0 saturated heterocycles. The summed E-state index contributed by atoms with van der Waals surface area (Å²) in [6.07, 6.45) is 1.33. The van der Waals surface area contributed by atoms with E-state index >= 15 is 0 Å². The van der Waals surface area contributed by atoms with Gasteiger partial charge in [-0.15, -0.1) is 0 Å². The van der Waals surface area contributed by atoms with Crippen LogP contribution in [0.15, 0.2) is 18.2 Å². The molecule has 0 bridgehead atoms. The van der Waals surface area contributed by atoms with Crippen molar-refractivity contribution in [3.63, 3.8) is 0 Å². The summed E-state index contributed by atoms with van der Waals surface area (Å²) in [6.45, 7) is -0.435. The van der Waals surface area contributed by atoms with Crippen molar-refractivity contribution >= 4 is 29.2 Å². The standard InChI is InChI=1S/C17H20N2O6/c1-24-8-2-5-12(11(18)6-8)19-13(20)7-25-17(23)10-4-3-9-14(10)15(9)16(21)22/h2,5-6,9-10,14-15H,3-4,7,18H2,1H3,(H,19,20)(H,21,22). The van der Waals surface area contributed by atoms with Gasteiger partial charge in [0.15, 0.2) is 6.61 Å². The van der Waals surface area contributed by atoms with E-state index in [-0.39, 0.29) is 11.8 Å². The second-order valence-corrected chi connectivity index (χ2v) is 6.40. The Morgan fingerprint density at radius 3 is 2.68 bits per heavy atom. The number of carboxylic acids is 1. The number of hydrogen-bond acceptors (Lipinski definition) is 6. The van der Waals surface area contributed by atoms with Gasteiger partial charge in [0.1, 0.15) is 5.75 Å². The average molecular weight is 348 g/mol. The molecule has 0 aliphatic heterocycles. The monoisotopic (exact) mass is 348 g/mol. The summed E-state index contributed by atoms with van der Waals surface area (Å²) in [5, 5.41) is 11.6. The molecule has 0 heterocycles. The highest BCUT2D eigenvalue weighted by Gasteiger charge is 2.63. The van der Waals surface area contributed by atoms with Crippen LogP contribution < -0.4 is 15.8 Å². The minimum Gasteiger partial charge on any atom is -0.497 e. The number of benzene rings is 1. The number of nitrogens with one attached hydrogen (secondary N) is 1. The molecule has 0 aromatic heterocycles. The lowest BCUT2D eigenvalue weighted by Gasteiger charge is -2.13. The van der Waals surface area contributed by atoms with Crippen LogP contribution in [0.2, 0.25) is 0 Å². The molecule has 25 heavy (non-hydrogen) atoms. The number of carbonyl (C=O) groups excluding carboxylic acids is 2. The summed E-state index contributed by atoms with van der Waals surface area (Å²) in [5.41, 5.74) is 6.54. The Hall–Kier alpha value is -2.77. The summed E-state index contributed by atoms with van der Waals surface area (Å²) in [7, 11) is 1.51. The van der Waals surface area contributed by atoms with Crippen molar-refractivity contribution in [3.8, 4) is 5.75 Å². The van der Waals surface area contributed by atoms with Crippen molar-refractivity contribution in [3.05, 3.63) is 18.2 Å². The van der Waals surface area contributed by atoms with Crippen molar-refractivity contribution in [2.45, 2.75) is 12.8 Å². The van der Waals surface area contributed by atoms with Crippen LogP contribution in [0.3, 0.4) is 0 Å². The van der Waals surface area contributed by atoms with E-state index in [0.717, 1.165) is 6.42 Å². The van der Waals surface area contributed by atoms with Gasteiger partial charge in [-0.25, -0.2) is 0 Å². The molecule has 8 heteroatoms. The topological polar surface area (TPSA) is 128 Å². The Morgan fingerprint density at radius 1 is 1.32 bits per heavy atom. The van der Waals surface area contributed by atoms with Gasteiger partial charge in [0.05, 0.1) is 30.3 Å². The van der Waals surface area contributed by atoms with Crippen LogP contribution in [-0.2, 0) is 19.1 Å². The summed E-state index contributed by atoms with van der Waals surface area (Å²) >= 11 is 0. The number of anilines is 2. The van der Waals surface area contributed by atoms with Crippen LogP contribution in [0.25, 0.3) is 0 Å². The van der Waals surface area contributed by atoms with E-state index in [2.05, 4.69) is 5.32 Å². The molecule has 0 radical (unpaired) electrons. The van der Waals surface area contributed by atoms with Gasteiger partial charge in [0, 0.05) is 6.07 Å². The number of fused-ring (bicyclic) bond motifs is 1. The number of ether oxygens (including phenoxy) is 2. The molecule has 134 valence electrons. The van der Waals surface area contributed by atoms with Crippen LogP contribution in [0, 0.1) is 23.7 Å². The fourth-order valence-electron chi connectivity index (χ4n) is 3.72. The number of nitrogens with two attached hydrogens (primary N) is 1. The number of hydrogen-bond donors (Lipinski definition) is 3. The normalized spacial score (nSPS) is 26.4. The van der Waals surface area contributed by atoms with Crippen LogP contribution >= 0.6 is 0 Å². The SMILES string of the molecule is COc1ccc(NC(=O)COC(=O)C2CCC3C(C(=O)O)C23)c(N)c1. The van der Waals surface area contributed by atoms with Crippen LogP contribution in [0.4, 0.5) is 11.4 Å². The summed E-state index contributed by atoms with van der Waals surface area (Å²) < 4.78 is 10.1. The predicted molar refractivity (Wildman–Crippen MR) is 87.8 cm³/mol. The fourth-order valence-corrected chi connectivity index (χ4v) is 3.72. The Kier molecular flexibility index (Phi) is 4.52. The van der Waals surface area contributed by atoms with E-state index in [4.69, 9.17) is 20.3 Å². The van der Waals surface area contributed by atoms with Gasteiger partial charge in [-0.05, 0) is 36.8 Å². The van der Waals surface area contributed by atoms with Gasteiger partial charge in [0.2, 0.25) is 0 Å². The Morgan fingerprint density at radius 2 is 2.08 bits per heavy atom. The highest BCUT2D eigenvalue weighted by molar-refractivity contribution is 5.95. The summed E-state index contributed by atoms with van der Waals surface area (Å²) in [6, 6.07) is 4.81. The lowest BCUT2D eigenvalue weighted by Crippen LogP contribution is -2.26. The van der Waals surface area contributed by atoms with Crippen molar-refractivity contribution in [2.24, 2.45) is 23.7 Å². The highest BCUT2D eigenvalue weighted by Crippen LogP contribution is 2.60. The molecule has 4 atom stereocenters. The number of methoxy groups -OCH3 is 1. The first-order valence-corrected chi connectivity index (χ1v) is 8.05. The number of nitrogen functional groups attached to an aromatic ring is 1. The molecule has 2 saturated carbocycles. The molecule has 2 fully saturated rings. The maximum Gasteiger partial charge on any atom is 0.309 e. The van der Waals surface area contributed by atoms with Crippen molar-refractivity contribution < 1.29 is 29.0 Å². The van der Waals surface area contributed by atoms with Crippen molar-refractivity contribution in [1.29, 1.82) is 0 Å². The molecule has 2 aliphatic rings. The molecule has 3 rings (SSSR count). The molecule has 1 amide bonds. The second-order valence-electron chi connectivity index (χ2n) is 6.40. The van der Waals surface area contributed by atoms with E-state index < -0.39 is 36.3 Å². The van der Waals surface area contributed by atoms with Gasteiger partial charge in [0.25, 0.3) is 5.91 Å². The maximum atomic E-state index is 12.1. The maximum absolute atomic E-state index is 12.1. The largest absolute Gasteiger partial charge is 0.497 e. The molecule has 4 unspecified atom stereocenters. The molecule has 8 nitrogen and oxygen atoms in total. The lowest BCUT2D eigenvalue weighted by molar-refractivity contribution is -0.152. The Balaban J connectivity index is 1.49. The zero-order chi connectivity index (χ0) is 18.1. The van der Waals surface area contributed by atoms with Crippen LogP contribution in [-0.4, -0.2) is 36.7 Å². The third kappa shape index (κ3) is 3.38. The average Bonchev–Trinajstić information content (AvgIpc) is 3.15. The summed E-state index contributed by atoms with van der Waals surface area (Å²) in [5.74, 6) is -2.26. The number of carboxylic acid groups (broad SMARTS) is 1. The predicted octanol–water partition coefficient (Wildman–Crippen LogP) is 1.12. The molecule has 0 spiro atoms. The minimum atomic E-state index is -0.861. The van der Waals surface area contributed by atoms with Crippen molar-refractivity contribution in [1.82, 2.24) is 0 Å². The van der Waals surface area contributed by atoms with Crippen LogP contribution in [0.1, 0.15) is 12.8 Å². The molecule has 4 N–H and O–H groups in total. The first kappa shape index (κ1) is 17.1. The third-order valence-electron chi connectivity index (χ3n) is 4.97. The number of aliphatic carboxylic acids is 1. The molecular formula is C17H20N2O6. The first-order valence-electron chi connectivity index (χ1n) is 8.05. The minimum absolute atomic E-state index is 0.0722. The molecule has 1 aromatic carbocycles. The van der Waals surface area contributed by atoms with Gasteiger partial charge in [-0.3, -0.25) is 14.4 Å². The third-order valence-corrected chi connectivity index (χ3v) is 4.97. The fraction of sp³-hybridized carbons (Fsp3) is 0.471. The second kappa shape index (κ2) is 6.62. The molecule has 1 aromatic rings. The first-order chi connectivity index (χ1) is 11.9. The van der Waals surface area contributed by atoms with Gasteiger partial charge < -0.3 is 25.6 Å². The number of amides is 1. The quantitative estimate of drug-likeness (QED) is 0.519. The lowest BCUT2D eigenvalue weighted by atomic mass is 10.0. The number of esters is 1. The molecular weight excluding hydrogens is 328 g/mol. The van der Waals surface area contributed by atoms with E-state index in [9.17, 15) is 14.4 Å². The highest BCUT2D eigenvalue weighted by atomic mass is 16.5. The van der Waals surface area contributed by atoms with Crippen molar-refractivity contribution in [2.75, 3.05) is 24.8 Å². The van der Waals surface area contributed by atoms with E-state index in [1.807, 2.05) is 0 Å². The van der Waals surface area contributed by atoms with Crippen LogP contribution in [0.5, 0.6) is 5.75 Å². The van der Waals surface area contributed by atoms with E-state index in [1.54, 1.807) is 18.2 Å². The summed E-state index contributed by atoms with van der Waals surface area (Å²) in [4.78, 5) is 35.1. The Bertz CT molecular complexity index is 719. The zero-order valence-corrected chi connectivity index (χ0v) is 13.7. The van der Waals surface area contributed by atoms with E-state index in [1.165, 1.54) is 7.11 Å². The smallest absolute Gasteiger partial charge is 0.309 e. The van der Waals surface area contributed by atoms with Gasteiger partial charge in [-0.2, -0.15) is 0 Å². The number of carbonyl (C=O) groups is 3. The van der Waals surface area contributed by atoms with Gasteiger partial charge >= 0.3 is 11.9 Å².